The molecule has 1 amide bonds. The summed E-state index contributed by atoms with van der Waals surface area (Å²) in [6.45, 7) is 2.83. The fourth-order valence-electron chi connectivity index (χ4n) is 3.74. The highest BCUT2D eigenvalue weighted by Crippen LogP contribution is 2.31. The lowest BCUT2D eigenvalue weighted by molar-refractivity contribution is 0.0876. The van der Waals surface area contributed by atoms with Gasteiger partial charge in [-0.2, -0.15) is 0 Å². The maximum absolute atomic E-state index is 12.6. The lowest BCUT2D eigenvalue weighted by Gasteiger charge is -2.14. The van der Waals surface area contributed by atoms with Crippen LogP contribution in [0.4, 0.5) is 0 Å². The van der Waals surface area contributed by atoms with E-state index in [4.69, 9.17) is 0 Å². The Morgan fingerprint density at radius 2 is 1.80 bits per heavy atom. The Labute approximate surface area is 177 Å². The summed E-state index contributed by atoms with van der Waals surface area (Å²) in [7, 11) is -3.80. The fourth-order valence-corrected chi connectivity index (χ4v) is 6.13. The molecule has 0 atom stereocenters. The number of benzene rings is 2. The summed E-state index contributed by atoms with van der Waals surface area (Å²) in [5, 5.41) is 9.99. The van der Waals surface area contributed by atoms with Crippen molar-refractivity contribution in [2.75, 3.05) is 12.3 Å². The smallest absolute Gasteiger partial charge is 0.269 e. The lowest BCUT2D eigenvalue weighted by Crippen LogP contribution is -2.32. The van der Waals surface area contributed by atoms with E-state index in [9.17, 15) is 13.2 Å². The van der Waals surface area contributed by atoms with E-state index in [0.717, 1.165) is 32.9 Å². The fraction of sp³-hybridized carbons (Fsp3) is 0.200. The molecule has 0 saturated carbocycles. The van der Waals surface area contributed by atoms with E-state index in [1.54, 1.807) is 12.1 Å². The second-order valence-electron chi connectivity index (χ2n) is 6.75. The van der Waals surface area contributed by atoms with Crippen molar-refractivity contribution in [3.63, 3.8) is 0 Å². The molecule has 2 aromatic heterocycles. The third kappa shape index (κ3) is 2.78. The number of hydrogen-bond donors (Lipinski definition) is 0. The third-order valence-electron chi connectivity index (χ3n) is 5.11. The van der Waals surface area contributed by atoms with Crippen molar-refractivity contribution in [3.8, 4) is 0 Å². The highest BCUT2D eigenvalue weighted by Gasteiger charge is 2.40. The molecule has 8 nitrogen and oxygen atoms in total. The maximum atomic E-state index is 12.6. The SMILES string of the molecule is CCn1c2ccccc2c2nnc(SCCN3C(=O)c4ccccc4S3(=O)=O)nc21. The van der Waals surface area contributed by atoms with Gasteiger partial charge < -0.3 is 4.57 Å². The Hall–Kier alpha value is -2.98. The summed E-state index contributed by atoms with van der Waals surface area (Å²) in [4.78, 5) is 17.2. The van der Waals surface area contributed by atoms with Crippen molar-refractivity contribution in [1.82, 2.24) is 24.1 Å². The molecule has 0 fully saturated rings. The van der Waals surface area contributed by atoms with E-state index in [1.165, 1.54) is 23.9 Å². The lowest BCUT2D eigenvalue weighted by atomic mass is 10.2. The van der Waals surface area contributed by atoms with E-state index in [1.807, 2.05) is 31.2 Å². The first-order valence-electron chi connectivity index (χ1n) is 9.43. The van der Waals surface area contributed by atoms with Crippen LogP contribution in [0.2, 0.25) is 0 Å². The third-order valence-corrected chi connectivity index (χ3v) is 7.77. The van der Waals surface area contributed by atoms with Crippen LogP contribution in [0, 0.1) is 0 Å². The van der Waals surface area contributed by atoms with E-state index < -0.39 is 15.9 Å². The molecule has 0 unspecified atom stereocenters. The number of para-hydroxylation sites is 1. The summed E-state index contributed by atoms with van der Waals surface area (Å²) in [5.74, 6) is -0.162. The van der Waals surface area contributed by atoms with Gasteiger partial charge in [0, 0.05) is 24.2 Å². The molecule has 30 heavy (non-hydrogen) atoms. The van der Waals surface area contributed by atoms with Crippen molar-refractivity contribution in [1.29, 1.82) is 0 Å². The number of carbonyl (C=O) groups is 1. The number of sulfonamides is 1. The van der Waals surface area contributed by atoms with E-state index in [2.05, 4.69) is 19.7 Å². The summed E-state index contributed by atoms with van der Waals surface area (Å²) < 4.78 is 28.3. The first-order chi connectivity index (χ1) is 14.5. The summed E-state index contributed by atoms with van der Waals surface area (Å²) >= 11 is 1.28. The molecule has 1 aliphatic rings. The van der Waals surface area contributed by atoms with Gasteiger partial charge in [-0.25, -0.2) is 17.7 Å². The number of aryl methyl sites for hydroxylation is 1. The maximum Gasteiger partial charge on any atom is 0.269 e. The molecule has 0 radical (unpaired) electrons. The van der Waals surface area contributed by atoms with Crippen molar-refractivity contribution in [2.45, 2.75) is 23.5 Å². The zero-order chi connectivity index (χ0) is 20.9. The zero-order valence-electron chi connectivity index (χ0n) is 16.0. The summed E-state index contributed by atoms with van der Waals surface area (Å²) in [6.07, 6.45) is 0. The van der Waals surface area contributed by atoms with Gasteiger partial charge in [0.1, 0.15) is 10.4 Å². The van der Waals surface area contributed by atoms with Crippen LogP contribution < -0.4 is 0 Å². The number of nitrogens with zero attached hydrogens (tertiary/aromatic N) is 5. The Balaban J connectivity index is 1.39. The van der Waals surface area contributed by atoms with Crippen molar-refractivity contribution in [3.05, 3.63) is 54.1 Å². The van der Waals surface area contributed by atoms with Crippen LogP contribution in [0.15, 0.2) is 58.6 Å². The molecule has 1 aliphatic heterocycles. The van der Waals surface area contributed by atoms with Gasteiger partial charge in [0.2, 0.25) is 5.16 Å². The predicted molar refractivity (Wildman–Crippen MR) is 114 cm³/mol. The second-order valence-corrected chi connectivity index (χ2v) is 9.65. The normalized spacial score (nSPS) is 15.2. The molecule has 10 heteroatoms. The van der Waals surface area contributed by atoms with Crippen LogP contribution in [-0.4, -0.2) is 50.7 Å². The van der Waals surface area contributed by atoms with Crippen LogP contribution in [0.3, 0.4) is 0 Å². The highest BCUT2D eigenvalue weighted by molar-refractivity contribution is 7.99. The number of rotatable bonds is 5. The minimum absolute atomic E-state index is 0.0404. The molecule has 0 bridgehead atoms. The van der Waals surface area contributed by atoms with Gasteiger partial charge in [0.05, 0.1) is 11.1 Å². The average Bonchev–Trinajstić information content (AvgIpc) is 3.18. The van der Waals surface area contributed by atoms with Crippen LogP contribution in [0.25, 0.3) is 22.1 Å². The molecular formula is C20H17N5O3S2. The highest BCUT2D eigenvalue weighted by atomic mass is 32.2. The first-order valence-corrected chi connectivity index (χ1v) is 11.9. The van der Waals surface area contributed by atoms with Gasteiger partial charge in [0.15, 0.2) is 5.65 Å². The summed E-state index contributed by atoms with van der Waals surface area (Å²) in [5.41, 5.74) is 2.75. The van der Waals surface area contributed by atoms with Gasteiger partial charge in [-0.1, -0.05) is 42.1 Å². The molecule has 4 aromatic rings. The van der Waals surface area contributed by atoms with Gasteiger partial charge in [-0.15, -0.1) is 10.2 Å². The number of amides is 1. The van der Waals surface area contributed by atoms with Crippen LogP contribution in [0.1, 0.15) is 17.3 Å². The number of thioether (sulfide) groups is 1. The molecule has 0 saturated heterocycles. The standard InChI is InChI=1S/C20H17N5O3S2/c1-2-24-15-9-5-3-7-13(15)17-18(24)21-20(23-22-17)29-12-11-25-19(26)14-8-4-6-10-16(14)30(25,27)28/h3-10H,2,11-12H2,1H3. The van der Waals surface area contributed by atoms with Crippen LogP contribution in [0.5, 0.6) is 0 Å². The Morgan fingerprint density at radius 1 is 1.03 bits per heavy atom. The quantitative estimate of drug-likeness (QED) is 0.441. The minimum atomic E-state index is -3.80. The van der Waals surface area contributed by atoms with Crippen molar-refractivity contribution < 1.29 is 13.2 Å². The Kier molecular flexibility index (Phi) is 4.48. The van der Waals surface area contributed by atoms with Crippen LogP contribution in [-0.2, 0) is 16.6 Å². The van der Waals surface area contributed by atoms with Crippen LogP contribution >= 0.6 is 11.8 Å². The van der Waals surface area contributed by atoms with E-state index in [0.29, 0.717) is 10.9 Å². The largest absolute Gasteiger partial charge is 0.324 e. The Morgan fingerprint density at radius 3 is 2.60 bits per heavy atom. The van der Waals surface area contributed by atoms with Crippen molar-refractivity contribution in [2.24, 2.45) is 0 Å². The van der Waals surface area contributed by atoms with Crippen molar-refractivity contribution >= 4 is 49.8 Å². The minimum Gasteiger partial charge on any atom is -0.324 e. The summed E-state index contributed by atoms with van der Waals surface area (Å²) in [6, 6.07) is 14.2. The van der Waals surface area contributed by atoms with E-state index >= 15 is 0 Å². The topological polar surface area (TPSA) is 98.0 Å². The monoisotopic (exact) mass is 439 g/mol. The molecule has 5 rings (SSSR count). The number of fused-ring (bicyclic) bond motifs is 4. The molecule has 3 heterocycles. The first kappa shape index (κ1) is 19.0. The van der Waals surface area contributed by atoms with E-state index in [-0.39, 0.29) is 17.0 Å². The molecule has 152 valence electrons. The molecule has 0 N–H and O–H groups in total. The molecule has 2 aromatic carbocycles. The van der Waals surface area contributed by atoms with Gasteiger partial charge >= 0.3 is 0 Å². The van der Waals surface area contributed by atoms with Gasteiger partial charge in [-0.3, -0.25) is 4.79 Å². The second kappa shape index (κ2) is 7.06. The molecular weight excluding hydrogens is 422 g/mol. The zero-order valence-corrected chi connectivity index (χ0v) is 17.7. The van der Waals surface area contributed by atoms with Gasteiger partial charge in [0.25, 0.3) is 15.9 Å². The number of hydrogen-bond acceptors (Lipinski definition) is 7. The number of carbonyl (C=O) groups excluding carboxylic acids is 1. The van der Waals surface area contributed by atoms with Gasteiger partial charge in [-0.05, 0) is 25.1 Å². The molecule has 0 spiro atoms. The Bertz CT molecular complexity index is 1410. The predicted octanol–water partition coefficient (Wildman–Crippen LogP) is 2.94. The average molecular weight is 440 g/mol. The molecule has 0 aliphatic carbocycles. The number of aromatic nitrogens is 4.